The lowest BCUT2D eigenvalue weighted by atomic mass is 10.1. The summed E-state index contributed by atoms with van der Waals surface area (Å²) in [6.07, 6.45) is 1.25. The largest absolute Gasteiger partial charge is 0.352 e. The number of rotatable bonds is 10. The molecule has 0 heterocycles. The maximum atomic E-state index is 13.1. The molecular formula is C25H34N2O2S. The summed E-state index contributed by atoms with van der Waals surface area (Å²) in [4.78, 5) is 28.7. The summed E-state index contributed by atoms with van der Waals surface area (Å²) in [6.45, 7) is 10.4. The average Bonchev–Trinajstić information content (AvgIpc) is 2.72. The van der Waals surface area contributed by atoms with Crippen molar-refractivity contribution in [1.29, 1.82) is 0 Å². The molecule has 0 aliphatic rings. The van der Waals surface area contributed by atoms with Crippen LogP contribution in [-0.4, -0.2) is 34.6 Å². The Morgan fingerprint density at radius 1 is 1.03 bits per heavy atom. The number of amides is 2. The highest BCUT2D eigenvalue weighted by molar-refractivity contribution is 7.99. The van der Waals surface area contributed by atoms with Gasteiger partial charge in [-0.3, -0.25) is 9.59 Å². The smallest absolute Gasteiger partial charge is 0.242 e. The molecule has 0 saturated heterocycles. The quantitative estimate of drug-likeness (QED) is 0.537. The van der Waals surface area contributed by atoms with Crippen molar-refractivity contribution in [3.8, 4) is 0 Å². The van der Waals surface area contributed by atoms with E-state index in [4.69, 9.17) is 0 Å². The molecule has 0 aliphatic carbocycles. The van der Waals surface area contributed by atoms with Gasteiger partial charge in [-0.2, -0.15) is 0 Å². The highest BCUT2D eigenvalue weighted by Gasteiger charge is 2.26. The van der Waals surface area contributed by atoms with Gasteiger partial charge < -0.3 is 10.2 Å². The van der Waals surface area contributed by atoms with Crippen LogP contribution < -0.4 is 5.32 Å². The minimum absolute atomic E-state index is 0.00270. The number of hydrogen-bond donors (Lipinski definition) is 1. The second-order valence-corrected chi connectivity index (χ2v) is 9.08. The normalized spacial score (nSPS) is 12.8. The molecule has 0 unspecified atom stereocenters. The molecule has 0 bridgehead atoms. The Balaban J connectivity index is 2.07. The SMILES string of the molecule is CC[C@@H](C)NC(=O)[C@@H](C)N(Cc1cccc(C)c1)C(=O)CCSc1ccc(C)cc1. The lowest BCUT2D eigenvalue weighted by molar-refractivity contribution is -0.140. The van der Waals surface area contributed by atoms with Crippen LogP contribution in [0.4, 0.5) is 0 Å². The fourth-order valence-corrected chi connectivity index (χ4v) is 3.93. The summed E-state index contributed by atoms with van der Waals surface area (Å²) in [5.74, 6) is 0.589. The van der Waals surface area contributed by atoms with E-state index in [0.29, 0.717) is 18.7 Å². The van der Waals surface area contributed by atoms with Gasteiger partial charge in [0, 0.05) is 29.7 Å². The third-order valence-corrected chi connectivity index (χ3v) is 6.22. The Bertz CT molecular complexity index is 835. The van der Waals surface area contributed by atoms with Crippen LogP contribution >= 0.6 is 11.8 Å². The maximum Gasteiger partial charge on any atom is 0.242 e. The topological polar surface area (TPSA) is 49.4 Å². The Labute approximate surface area is 185 Å². The Morgan fingerprint density at radius 3 is 2.37 bits per heavy atom. The number of nitrogens with one attached hydrogen (secondary N) is 1. The van der Waals surface area contributed by atoms with Crippen molar-refractivity contribution in [2.75, 3.05) is 5.75 Å². The predicted octanol–water partition coefficient (Wildman–Crippen LogP) is 5.12. The van der Waals surface area contributed by atoms with Gasteiger partial charge in [0.25, 0.3) is 0 Å². The fourth-order valence-electron chi connectivity index (χ4n) is 3.09. The van der Waals surface area contributed by atoms with Crippen LogP contribution in [0.25, 0.3) is 0 Å². The fraction of sp³-hybridized carbons (Fsp3) is 0.440. The summed E-state index contributed by atoms with van der Waals surface area (Å²) in [7, 11) is 0. The first-order valence-corrected chi connectivity index (χ1v) is 11.6. The highest BCUT2D eigenvalue weighted by Crippen LogP contribution is 2.20. The number of benzene rings is 2. The van der Waals surface area contributed by atoms with E-state index in [1.165, 1.54) is 5.56 Å². The van der Waals surface area contributed by atoms with E-state index in [0.717, 1.165) is 22.4 Å². The van der Waals surface area contributed by atoms with Gasteiger partial charge in [0.2, 0.25) is 11.8 Å². The van der Waals surface area contributed by atoms with Crippen LogP contribution in [0.15, 0.2) is 53.4 Å². The zero-order chi connectivity index (χ0) is 22.1. The van der Waals surface area contributed by atoms with Crippen molar-refractivity contribution in [3.05, 3.63) is 65.2 Å². The number of nitrogens with zero attached hydrogens (tertiary/aromatic N) is 1. The van der Waals surface area contributed by atoms with Gasteiger partial charge >= 0.3 is 0 Å². The van der Waals surface area contributed by atoms with Gasteiger partial charge in [-0.1, -0.05) is 54.4 Å². The molecule has 4 nitrogen and oxygen atoms in total. The van der Waals surface area contributed by atoms with Crippen LogP contribution in [0.2, 0.25) is 0 Å². The first kappa shape index (κ1) is 24.0. The maximum absolute atomic E-state index is 13.1. The number of hydrogen-bond acceptors (Lipinski definition) is 3. The molecule has 0 spiro atoms. The summed E-state index contributed by atoms with van der Waals surface area (Å²) in [6, 6.07) is 16.0. The third kappa shape index (κ3) is 7.52. The molecule has 2 aromatic rings. The molecule has 2 atom stereocenters. The molecule has 0 saturated carbocycles. The van der Waals surface area contributed by atoms with Gasteiger partial charge in [0.15, 0.2) is 0 Å². The lowest BCUT2D eigenvalue weighted by Gasteiger charge is -2.30. The van der Waals surface area contributed by atoms with Crippen LogP contribution in [0, 0.1) is 13.8 Å². The molecule has 30 heavy (non-hydrogen) atoms. The van der Waals surface area contributed by atoms with Gasteiger partial charge in [-0.05, 0) is 51.8 Å². The van der Waals surface area contributed by atoms with Gasteiger partial charge in [0.05, 0.1) is 0 Å². The van der Waals surface area contributed by atoms with E-state index >= 15 is 0 Å². The summed E-state index contributed by atoms with van der Waals surface area (Å²) < 4.78 is 0. The Kier molecular flexibility index (Phi) is 9.44. The minimum atomic E-state index is -0.517. The molecule has 2 amide bonds. The number of carbonyl (C=O) groups excluding carboxylic acids is 2. The first-order chi connectivity index (χ1) is 14.3. The van der Waals surface area contributed by atoms with Crippen molar-refractivity contribution < 1.29 is 9.59 Å². The molecule has 0 radical (unpaired) electrons. The van der Waals surface area contributed by atoms with Crippen LogP contribution in [0.5, 0.6) is 0 Å². The summed E-state index contributed by atoms with van der Waals surface area (Å²) >= 11 is 1.67. The van der Waals surface area contributed by atoms with Gasteiger partial charge in [-0.25, -0.2) is 0 Å². The molecule has 1 N–H and O–H groups in total. The number of aryl methyl sites for hydroxylation is 2. The third-order valence-electron chi connectivity index (χ3n) is 5.21. The van der Waals surface area contributed by atoms with Crippen molar-refractivity contribution in [2.45, 2.75) is 71.0 Å². The van der Waals surface area contributed by atoms with Crippen molar-refractivity contribution >= 4 is 23.6 Å². The van der Waals surface area contributed by atoms with Crippen LogP contribution in [0.1, 0.15) is 50.3 Å². The van der Waals surface area contributed by atoms with E-state index in [1.54, 1.807) is 16.7 Å². The first-order valence-electron chi connectivity index (χ1n) is 10.6. The molecule has 2 rings (SSSR count). The Hall–Kier alpha value is -2.27. The van der Waals surface area contributed by atoms with E-state index < -0.39 is 6.04 Å². The standard InChI is InChI=1S/C25H34N2O2S/c1-6-20(4)26-25(29)21(5)27(17-22-9-7-8-19(3)16-22)24(28)14-15-30-23-12-10-18(2)11-13-23/h7-13,16,20-21H,6,14-15,17H2,1-5H3,(H,26,29)/t20-,21-/m1/s1. The molecule has 2 aromatic carbocycles. The average molecular weight is 427 g/mol. The van der Waals surface area contributed by atoms with E-state index in [2.05, 4.69) is 42.6 Å². The van der Waals surface area contributed by atoms with E-state index in [1.807, 2.05) is 45.9 Å². The molecule has 0 aliphatic heterocycles. The second-order valence-electron chi connectivity index (χ2n) is 7.92. The monoisotopic (exact) mass is 426 g/mol. The van der Waals surface area contributed by atoms with Gasteiger partial charge in [0.1, 0.15) is 6.04 Å². The summed E-state index contributed by atoms with van der Waals surface area (Å²) in [5, 5.41) is 3.01. The molecule has 0 aromatic heterocycles. The zero-order valence-corrected chi connectivity index (χ0v) is 19.6. The van der Waals surface area contributed by atoms with Crippen molar-refractivity contribution in [1.82, 2.24) is 10.2 Å². The molecule has 162 valence electrons. The van der Waals surface area contributed by atoms with Crippen LogP contribution in [0.3, 0.4) is 0 Å². The molecule has 5 heteroatoms. The Morgan fingerprint density at radius 2 is 1.73 bits per heavy atom. The number of thioether (sulfide) groups is 1. The van der Waals surface area contributed by atoms with Crippen molar-refractivity contribution in [3.63, 3.8) is 0 Å². The molecule has 0 fully saturated rings. The van der Waals surface area contributed by atoms with E-state index in [9.17, 15) is 9.59 Å². The number of carbonyl (C=O) groups is 2. The minimum Gasteiger partial charge on any atom is -0.352 e. The zero-order valence-electron chi connectivity index (χ0n) is 18.8. The van der Waals surface area contributed by atoms with Gasteiger partial charge in [-0.15, -0.1) is 11.8 Å². The van der Waals surface area contributed by atoms with Crippen LogP contribution in [-0.2, 0) is 16.1 Å². The second kappa shape index (κ2) is 11.8. The van der Waals surface area contributed by atoms with Crippen molar-refractivity contribution in [2.24, 2.45) is 0 Å². The summed E-state index contributed by atoms with van der Waals surface area (Å²) in [5.41, 5.74) is 3.41. The highest BCUT2D eigenvalue weighted by atomic mass is 32.2. The lowest BCUT2D eigenvalue weighted by Crippen LogP contribution is -2.49. The molecular weight excluding hydrogens is 392 g/mol. The van der Waals surface area contributed by atoms with E-state index in [-0.39, 0.29) is 17.9 Å². The predicted molar refractivity (Wildman–Crippen MR) is 126 cm³/mol.